The zero-order valence-corrected chi connectivity index (χ0v) is 14.4. The number of fused-ring (bicyclic) bond motifs is 1. The van der Waals surface area contributed by atoms with Crippen molar-refractivity contribution in [2.24, 2.45) is 5.10 Å². The highest BCUT2D eigenvalue weighted by Gasteiger charge is 1.98. The number of aromatic nitrogens is 1. The lowest BCUT2D eigenvalue weighted by Gasteiger charge is -2.06. The Hall–Kier alpha value is -2.31. The van der Waals surface area contributed by atoms with Crippen LogP contribution >= 0.6 is 28.1 Å². The number of rotatable bonds is 3. The van der Waals surface area contributed by atoms with Gasteiger partial charge in [-0.2, -0.15) is 5.10 Å². The zero-order chi connectivity index (χ0) is 16.1. The maximum Gasteiger partial charge on any atom is 0.191 e. The maximum absolute atomic E-state index is 5.20. The first-order valence-electron chi connectivity index (χ1n) is 6.92. The summed E-state index contributed by atoms with van der Waals surface area (Å²) in [6, 6.07) is 19.6. The highest BCUT2D eigenvalue weighted by Crippen LogP contribution is 2.15. The van der Waals surface area contributed by atoms with Crippen LogP contribution in [-0.4, -0.2) is 16.3 Å². The molecule has 0 radical (unpaired) electrons. The molecule has 114 valence electrons. The summed E-state index contributed by atoms with van der Waals surface area (Å²) < 4.78 is 0.981. The number of halogens is 1. The minimum absolute atomic E-state index is 0.417. The Bertz CT molecular complexity index is 879. The van der Waals surface area contributed by atoms with Gasteiger partial charge in [0.2, 0.25) is 0 Å². The predicted molar refractivity (Wildman–Crippen MR) is 103 cm³/mol. The second-order valence-corrected chi connectivity index (χ2v) is 6.09. The van der Waals surface area contributed by atoms with Crippen LogP contribution in [0, 0.1) is 0 Å². The Kier molecular flexibility index (Phi) is 4.95. The minimum atomic E-state index is 0.417. The van der Waals surface area contributed by atoms with Crippen LogP contribution in [0.4, 0.5) is 5.69 Å². The summed E-state index contributed by atoms with van der Waals surface area (Å²) in [6.07, 6.45) is 1.64. The van der Waals surface area contributed by atoms with E-state index in [9.17, 15) is 0 Å². The third-order valence-corrected chi connectivity index (χ3v) is 3.75. The molecule has 0 aliphatic rings. The van der Waals surface area contributed by atoms with Gasteiger partial charge in [-0.15, -0.1) is 0 Å². The second kappa shape index (κ2) is 7.30. The van der Waals surface area contributed by atoms with E-state index in [-0.39, 0.29) is 0 Å². The highest BCUT2D eigenvalue weighted by atomic mass is 79.9. The van der Waals surface area contributed by atoms with Crippen LogP contribution < -0.4 is 10.7 Å². The van der Waals surface area contributed by atoms with Crippen molar-refractivity contribution in [1.29, 1.82) is 0 Å². The molecule has 3 rings (SSSR count). The Morgan fingerprint density at radius 2 is 1.96 bits per heavy atom. The van der Waals surface area contributed by atoms with Crippen molar-refractivity contribution in [3.8, 4) is 0 Å². The standard InChI is InChI=1S/C17H13BrN4S/c18-13-5-3-6-14(10-13)21-17(23)22-19-11-15-9-8-12-4-1-2-7-16(12)20-15/h1-11H,(H2,21,22,23)/b19-11+. The van der Waals surface area contributed by atoms with Gasteiger partial charge in [-0.3, -0.25) is 5.43 Å². The summed E-state index contributed by atoms with van der Waals surface area (Å²) >= 11 is 8.61. The second-order valence-electron chi connectivity index (χ2n) is 4.76. The van der Waals surface area contributed by atoms with Crippen LogP contribution in [0.2, 0.25) is 0 Å². The summed E-state index contributed by atoms with van der Waals surface area (Å²) in [7, 11) is 0. The smallest absolute Gasteiger partial charge is 0.191 e. The average molecular weight is 385 g/mol. The SMILES string of the molecule is S=C(N/N=C/c1ccc2ccccc2n1)Nc1cccc(Br)c1. The first-order valence-corrected chi connectivity index (χ1v) is 8.12. The van der Waals surface area contributed by atoms with Gasteiger partial charge in [-0.25, -0.2) is 4.98 Å². The fraction of sp³-hybridized carbons (Fsp3) is 0. The van der Waals surface area contributed by atoms with Crippen molar-refractivity contribution < 1.29 is 0 Å². The number of hydrogen-bond donors (Lipinski definition) is 2. The van der Waals surface area contributed by atoms with Gasteiger partial charge in [0.1, 0.15) is 0 Å². The van der Waals surface area contributed by atoms with Crippen molar-refractivity contribution in [1.82, 2.24) is 10.4 Å². The molecule has 0 saturated heterocycles. The summed E-state index contributed by atoms with van der Waals surface area (Å²) in [6.45, 7) is 0. The summed E-state index contributed by atoms with van der Waals surface area (Å²) in [4.78, 5) is 4.51. The lowest BCUT2D eigenvalue weighted by Crippen LogP contribution is -2.23. The van der Waals surface area contributed by atoms with Crippen molar-refractivity contribution in [2.45, 2.75) is 0 Å². The van der Waals surface area contributed by atoms with E-state index >= 15 is 0 Å². The number of pyridine rings is 1. The monoisotopic (exact) mass is 384 g/mol. The third kappa shape index (κ3) is 4.34. The van der Waals surface area contributed by atoms with Crippen LogP contribution in [0.3, 0.4) is 0 Å². The van der Waals surface area contributed by atoms with Crippen LogP contribution in [-0.2, 0) is 0 Å². The molecule has 0 amide bonds. The molecule has 23 heavy (non-hydrogen) atoms. The number of hydrazone groups is 1. The quantitative estimate of drug-likeness (QED) is 0.401. The van der Waals surface area contributed by atoms with E-state index in [1.807, 2.05) is 60.7 Å². The number of hydrogen-bond acceptors (Lipinski definition) is 3. The van der Waals surface area contributed by atoms with Gasteiger partial charge in [-0.05, 0) is 42.5 Å². The molecule has 3 aromatic rings. The number of benzene rings is 2. The predicted octanol–water partition coefficient (Wildman–Crippen LogP) is 4.32. The van der Waals surface area contributed by atoms with Gasteiger partial charge < -0.3 is 5.32 Å². The topological polar surface area (TPSA) is 49.3 Å². The summed E-state index contributed by atoms with van der Waals surface area (Å²) in [5.74, 6) is 0. The molecule has 4 nitrogen and oxygen atoms in total. The minimum Gasteiger partial charge on any atom is -0.331 e. The van der Waals surface area contributed by atoms with Crippen LogP contribution in [0.5, 0.6) is 0 Å². The molecule has 0 fully saturated rings. The van der Waals surface area contributed by atoms with E-state index < -0.39 is 0 Å². The van der Waals surface area contributed by atoms with E-state index in [0.717, 1.165) is 26.8 Å². The average Bonchev–Trinajstić information content (AvgIpc) is 2.55. The lowest BCUT2D eigenvalue weighted by molar-refractivity contribution is 1.05. The maximum atomic E-state index is 5.20. The fourth-order valence-corrected chi connectivity index (χ4v) is 2.61. The van der Waals surface area contributed by atoms with Crippen molar-refractivity contribution in [3.63, 3.8) is 0 Å². The summed E-state index contributed by atoms with van der Waals surface area (Å²) in [5.41, 5.74) is 5.37. The molecule has 0 saturated carbocycles. The third-order valence-electron chi connectivity index (χ3n) is 3.07. The van der Waals surface area contributed by atoms with E-state index in [0.29, 0.717) is 5.11 Å². The van der Waals surface area contributed by atoms with Crippen molar-refractivity contribution in [3.05, 3.63) is 70.8 Å². The van der Waals surface area contributed by atoms with E-state index in [4.69, 9.17) is 12.2 Å². The number of nitrogens with one attached hydrogen (secondary N) is 2. The van der Waals surface area contributed by atoms with Gasteiger partial charge in [0.05, 0.1) is 17.4 Å². The molecular formula is C17H13BrN4S. The number of para-hydroxylation sites is 1. The Labute approximate surface area is 147 Å². The number of nitrogens with zero attached hydrogens (tertiary/aromatic N) is 2. The summed E-state index contributed by atoms with van der Waals surface area (Å²) in [5, 5.41) is 8.69. The Balaban J connectivity index is 1.62. The molecule has 1 heterocycles. The largest absolute Gasteiger partial charge is 0.331 e. The van der Waals surface area contributed by atoms with Crippen LogP contribution in [0.15, 0.2) is 70.2 Å². The highest BCUT2D eigenvalue weighted by molar-refractivity contribution is 9.10. The first kappa shape index (κ1) is 15.6. The van der Waals surface area contributed by atoms with Gasteiger partial charge in [0, 0.05) is 15.5 Å². The zero-order valence-electron chi connectivity index (χ0n) is 12.0. The number of anilines is 1. The molecular weight excluding hydrogens is 372 g/mol. The normalized spacial score (nSPS) is 10.8. The van der Waals surface area contributed by atoms with Crippen LogP contribution in [0.1, 0.15) is 5.69 Å². The molecule has 2 N–H and O–H groups in total. The van der Waals surface area contributed by atoms with Gasteiger partial charge in [0.15, 0.2) is 5.11 Å². The van der Waals surface area contributed by atoms with Gasteiger partial charge in [-0.1, -0.05) is 46.3 Å². The number of thiocarbonyl (C=S) groups is 1. The van der Waals surface area contributed by atoms with E-state index in [1.54, 1.807) is 6.21 Å². The molecule has 0 aliphatic carbocycles. The molecule has 1 aromatic heterocycles. The molecule has 2 aromatic carbocycles. The Morgan fingerprint density at radius 3 is 2.83 bits per heavy atom. The Morgan fingerprint density at radius 1 is 1.09 bits per heavy atom. The molecule has 6 heteroatoms. The molecule has 0 bridgehead atoms. The van der Waals surface area contributed by atoms with E-state index in [2.05, 4.69) is 36.8 Å². The lowest BCUT2D eigenvalue weighted by atomic mass is 10.2. The van der Waals surface area contributed by atoms with Gasteiger partial charge >= 0.3 is 0 Å². The van der Waals surface area contributed by atoms with E-state index in [1.165, 1.54) is 0 Å². The first-order chi connectivity index (χ1) is 11.2. The van der Waals surface area contributed by atoms with Crippen molar-refractivity contribution in [2.75, 3.05) is 5.32 Å². The molecule has 0 unspecified atom stereocenters. The van der Waals surface area contributed by atoms with Crippen LogP contribution in [0.25, 0.3) is 10.9 Å². The fourth-order valence-electron chi connectivity index (χ4n) is 2.04. The molecule has 0 aliphatic heterocycles. The van der Waals surface area contributed by atoms with Crippen molar-refractivity contribution >= 4 is 56.1 Å². The van der Waals surface area contributed by atoms with Gasteiger partial charge in [0.25, 0.3) is 0 Å². The molecule has 0 atom stereocenters. The molecule has 0 spiro atoms.